The van der Waals surface area contributed by atoms with Crippen LogP contribution in [-0.4, -0.2) is 34.2 Å². The molecule has 0 amide bonds. The summed E-state index contributed by atoms with van der Waals surface area (Å²) in [5.74, 6) is 0.573. The van der Waals surface area contributed by atoms with Gasteiger partial charge in [-0.3, -0.25) is 4.21 Å². The van der Waals surface area contributed by atoms with Gasteiger partial charge >= 0.3 is 0 Å². The van der Waals surface area contributed by atoms with Crippen LogP contribution in [0.3, 0.4) is 0 Å². The Morgan fingerprint density at radius 1 is 1.42 bits per heavy atom. The summed E-state index contributed by atoms with van der Waals surface area (Å²) in [6.07, 6.45) is 1.99. The van der Waals surface area contributed by atoms with Crippen LogP contribution >= 0.6 is 0 Å². The topological polar surface area (TPSA) is 20.3 Å². The van der Waals surface area contributed by atoms with Gasteiger partial charge in [-0.2, -0.15) is 0 Å². The summed E-state index contributed by atoms with van der Waals surface area (Å²) >= 11 is 0. The zero-order valence-corrected chi connectivity index (χ0v) is 11.9. The Labute approximate surface area is 115 Å². The summed E-state index contributed by atoms with van der Waals surface area (Å²) < 4.78 is 37.9. The van der Waals surface area contributed by atoms with Gasteiger partial charge in [-0.05, 0) is 38.4 Å². The molecule has 1 saturated heterocycles. The molecule has 1 aliphatic rings. The molecule has 2 nitrogen and oxygen atoms in total. The van der Waals surface area contributed by atoms with Crippen molar-refractivity contribution in [3.05, 3.63) is 35.4 Å². The molecule has 2 rings (SSSR count). The Morgan fingerprint density at radius 2 is 2.21 bits per heavy atom. The number of benzene rings is 1. The van der Waals surface area contributed by atoms with Gasteiger partial charge in [0.2, 0.25) is 0 Å². The molecule has 1 aromatic rings. The summed E-state index contributed by atoms with van der Waals surface area (Å²) in [6.45, 7) is 1.22. The highest BCUT2D eigenvalue weighted by atomic mass is 32.2. The van der Waals surface area contributed by atoms with Crippen LogP contribution in [0.15, 0.2) is 18.2 Å². The molecule has 0 spiro atoms. The fraction of sp³-hybridized carbons (Fsp3) is 0.571. The van der Waals surface area contributed by atoms with E-state index in [0.717, 1.165) is 37.0 Å². The molecule has 0 bridgehead atoms. The molecule has 1 heterocycles. The molecule has 19 heavy (non-hydrogen) atoms. The van der Waals surface area contributed by atoms with E-state index in [-0.39, 0.29) is 0 Å². The van der Waals surface area contributed by atoms with E-state index in [2.05, 4.69) is 0 Å². The van der Waals surface area contributed by atoms with Gasteiger partial charge in [-0.25, -0.2) is 8.78 Å². The molecule has 0 aliphatic carbocycles. The summed E-state index contributed by atoms with van der Waals surface area (Å²) in [6, 6.07) is 4.27. The van der Waals surface area contributed by atoms with Crippen molar-refractivity contribution in [2.75, 3.05) is 25.1 Å². The number of hydrogen-bond acceptors (Lipinski definition) is 2. The summed E-state index contributed by atoms with van der Waals surface area (Å²) in [5, 5.41) is 0. The van der Waals surface area contributed by atoms with Crippen LogP contribution in [0.4, 0.5) is 8.78 Å². The second kappa shape index (κ2) is 6.57. The first kappa shape index (κ1) is 14.6. The van der Waals surface area contributed by atoms with E-state index in [0.29, 0.717) is 18.0 Å². The fourth-order valence-corrected chi connectivity index (χ4v) is 4.02. The predicted octanol–water partition coefficient (Wildman–Crippen LogP) is 2.56. The Kier molecular flexibility index (Phi) is 5.05. The SMILES string of the molecule is CN(CCC1CCS(=O)C1)Cc1cccc(F)c1F. The average Bonchev–Trinajstić information content (AvgIpc) is 2.78. The van der Waals surface area contributed by atoms with Gasteiger partial charge in [0.05, 0.1) is 0 Å². The second-order valence-electron chi connectivity index (χ2n) is 5.20. The van der Waals surface area contributed by atoms with Gasteiger partial charge in [0.15, 0.2) is 11.6 Å². The average molecular weight is 287 g/mol. The van der Waals surface area contributed by atoms with Crippen molar-refractivity contribution in [3.63, 3.8) is 0 Å². The van der Waals surface area contributed by atoms with E-state index in [1.165, 1.54) is 6.07 Å². The lowest BCUT2D eigenvalue weighted by Gasteiger charge is -2.19. The van der Waals surface area contributed by atoms with Gasteiger partial charge in [0.25, 0.3) is 0 Å². The van der Waals surface area contributed by atoms with E-state index in [9.17, 15) is 13.0 Å². The van der Waals surface area contributed by atoms with E-state index < -0.39 is 22.4 Å². The van der Waals surface area contributed by atoms with Crippen LogP contribution in [0.5, 0.6) is 0 Å². The maximum absolute atomic E-state index is 13.5. The van der Waals surface area contributed by atoms with Crippen LogP contribution in [0.25, 0.3) is 0 Å². The van der Waals surface area contributed by atoms with Gasteiger partial charge in [-0.15, -0.1) is 0 Å². The maximum Gasteiger partial charge on any atom is 0.163 e. The second-order valence-corrected chi connectivity index (χ2v) is 6.83. The van der Waals surface area contributed by atoms with Crippen LogP contribution in [0.2, 0.25) is 0 Å². The molecule has 0 N–H and O–H groups in total. The zero-order chi connectivity index (χ0) is 13.8. The highest BCUT2D eigenvalue weighted by molar-refractivity contribution is 7.85. The third-order valence-electron chi connectivity index (χ3n) is 3.57. The van der Waals surface area contributed by atoms with Crippen LogP contribution < -0.4 is 0 Å². The standard InChI is InChI=1S/C14H19F2NOS/c1-17(7-5-11-6-8-19(18)10-11)9-12-3-2-4-13(15)14(12)16/h2-4,11H,5-10H2,1H3. The fourth-order valence-electron chi connectivity index (χ4n) is 2.40. The van der Waals surface area contributed by atoms with Crippen molar-refractivity contribution in [3.8, 4) is 0 Å². The quantitative estimate of drug-likeness (QED) is 0.829. The van der Waals surface area contributed by atoms with Crippen molar-refractivity contribution < 1.29 is 13.0 Å². The smallest absolute Gasteiger partial charge is 0.163 e. The van der Waals surface area contributed by atoms with Crippen molar-refractivity contribution in [2.24, 2.45) is 5.92 Å². The highest BCUT2D eigenvalue weighted by Crippen LogP contribution is 2.20. The summed E-state index contributed by atoms with van der Waals surface area (Å²) in [5.41, 5.74) is 0.387. The van der Waals surface area contributed by atoms with Crippen LogP contribution in [0.1, 0.15) is 18.4 Å². The number of rotatable bonds is 5. The number of nitrogens with zero attached hydrogens (tertiary/aromatic N) is 1. The highest BCUT2D eigenvalue weighted by Gasteiger charge is 2.21. The number of hydrogen-bond donors (Lipinski definition) is 0. The van der Waals surface area contributed by atoms with Crippen molar-refractivity contribution >= 4 is 10.8 Å². The molecular weight excluding hydrogens is 268 g/mol. The maximum atomic E-state index is 13.5. The van der Waals surface area contributed by atoms with Crippen molar-refractivity contribution in [1.82, 2.24) is 4.90 Å². The van der Waals surface area contributed by atoms with Crippen LogP contribution in [0, 0.1) is 17.6 Å². The molecule has 0 aromatic heterocycles. The van der Waals surface area contributed by atoms with Gasteiger partial charge in [-0.1, -0.05) is 12.1 Å². The first-order valence-electron chi connectivity index (χ1n) is 6.52. The lowest BCUT2D eigenvalue weighted by Crippen LogP contribution is -2.22. The van der Waals surface area contributed by atoms with E-state index in [1.807, 2.05) is 11.9 Å². The lowest BCUT2D eigenvalue weighted by atomic mass is 10.1. The predicted molar refractivity (Wildman–Crippen MR) is 73.3 cm³/mol. The zero-order valence-electron chi connectivity index (χ0n) is 11.1. The normalized spacial score (nSPS) is 23.2. The minimum Gasteiger partial charge on any atom is -0.302 e. The van der Waals surface area contributed by atoms with Gasteiger partial charge in [0.1, 0.15) is 0 Å². The molecule has 2 atom stereocenters. The largest absolute Gasteiger partial charge is 0.302 e. The monoisotopic (exact) mass is 287 g/mol. The van der Waals surface area contributed by atoms with Gasteiger partial charge in [0, 0.05) is 34.4 Å². The Bertz CT molecular complexity index is 467. The van der Waals surface area contributed by atoms with Crippen LogP contribution in [-0.2, 0) is 17.3 Å². The van der Waals surface area contributed by atoms with E-state index >= 15 is 0 Å². The Morgan fingerprint density at radius 3 is 2.89 bits per heavy atom. The molecule has 1 fully saturated rings. The van der Waals surface area contributed by atoms with Crippen molar-refractivity contribution in [2.45, 2.75) is 19.4 Å². The first-order chi connectivity index (χ1) is 9.06. The molecule has 1 aromatic carbocycles. The molecule has 2 unspecified atom stereocenters. The summed E-state index contributed by atoms with van der Waals surface area (Å²) in [7, 11) is 1.26. The number of halogens is 2. The minimum absolute atomic E-state index is 0.387. The summed E-state index contributed by atoms with van der Waals surface area (Å²) in [4.78, 5) is 1.99. The minimum atomic E-state index is -0.794. The van der Waals surface area contributed by atoms with E-state index in [1.54, 1.807) is 6.07 Å². The molecule has 5 heteroatoms. The third-order valence-corrected chi connectivity index (χ3v) is 5.10. The van der Waals surface area contributed by atoms with Gasteiger partial charge < -0.3 is 4.90 Å². The Hall–Kier alpha value is -0.810. The Balaban J connectivity index is 1.82. The molecule has 0 saturated carbocycles. The molecule has 106 valence electrons. The molecular formula is C14H19F2NOS. The molecule has 0 radical (unpaired) electrons. The molecule has 1 aliphatic heterocycles. The van der Waals surface area contributed by atoms with Crippen molar-refractivity contribution in [1.29, 1.82) is 0 Å². The van der Waals surface area contributed by atoms with E-state index in [4.69, 9.17) is 0 Å². The first-order valence-corrected chi connectivity index (χ1v) is 8.01. The third kappa shape index (κ3) is 4.08. The lowest BCUT2D eigenvalue weighted by molar-refractivity contribution is 0.294.